The van der Waals surface area contributed by atoms with Crippen molar-refractivity contribution < 1.29 is 23.9 Å². The summed E-state index contributed by atoms with van der Waals surface area (Å²) in [5, 5.41) is 5.18. The molecule has 2 aliphatic heterocycles. The van der Waals surface area contributed by atoms with Gasteiger partial charge in [0.1, 0.15) is 12.1 Å². The van der Waals surface area contributed by atoms with Gasteiger partial charge in [-0.2, -0.15) is 0 Å². The monoisotopic (exact) mass is 313 g/mol. The van der Waals surface area contributed by atoms with Crippen molar-refractivity contribution in [2.24, 2.45) is 5.92 Å². The number of amides is 3. The van der Waals surface area contributed by atoms with Crippen LogP contribution in [0.15, 0.2) is 0 Å². The highest BCUT2D eigenvalue weighted by molar-refractivity contribution is 5.92. The number of likely N-dealkylation sites (tertiary alicyclic amines) is 1. The molecule has 3 unspecified atom stereocenters. The van der Waals surface area contributed by atoms with E-state index >= 15 is 0 Å². The Kier molecular flexibility index (Phi) is 5.59. The van der Waals surface area contributed by atoms with Crippen molar-refractivity contribution in [3.63, 3.8) is 0 Å². The van der Waals surface area contributed by atoms with Gasteiger partial charge in [0.25, 0.3) is 0 Å². The minimum Gasteiger partial charge on any atom is -0.453 e. The van der Waals surface area contributed by atoms with Crippen LogP contribution in [0, 0.1) is 5.92 Å². The number of nitrogens with one attached hydrogen (secondary N) is 2. The molecule has 8 heteroatoms. The van der Waals surface area contributed by atoms with E-state index in [0.717, 1.165) is 6.42 Å². The molecule has 0 aromatic carbocycles. The molecule has 0 spiro atoms. The highest BCUT2D eigenvalue weighted by Gasteiger charge is 2.41. The third-order valence-corrected chi connectivity index (χ3v) is 4.25. The van der Waals surface area contributed by atoms with Crippen molar-refractivity contribution in [1.82, 2.24) is 15.5 Å². The summed E-state index contributed by atoms with van der Waals surface area (Å²) in [7, 11) is 2.81. The molecule has 124 valence electrons. The average molecular weight is 313 g/mol. The largest absolute Gasteiger partial charge is 0.453 e. The molecule has 2 heterocycles. The maximum Gasteiger partial charge on any atom is 0.407 e. The molecule has 22 heavy (non-hydrogen) atoms. The van der Waals surface area contributed by atoms with Gasteiger partial charge in [-0.25, -0.2) is 4.79 Å². The molecule has 2 aliphatic rings. The van der Waals surface area contributed by atoms with Crippen LogP contribution in [-0.2, 0) is 19.1 Å². The van der Waals surface area contributed by atoms with E-state index in [4.69, 9.17) is 4.74 Å². The van der Waals surface area contributed by atoms with Crippen molar-refractivity contribution in [1.29, 1.82) is 0 Å². The SMILES string of the molecule is CNC(=O)C1CCCN1C(=O)C(NC(=O)OC)C1CCOC1. The van der Waals surface area contributed by atoms with E-state index in [0.29, 0.717) is 32.6 Å². The molecule has 0 aliphatic carbocycles. The fraction of sp³-hybridized carbons (Fsp3) is 0.786. The van der Waals surface area contributed by atoms with Crippen LogP contribution in [0.5, 0.6) is 0 Å². The summed E-state index contributed by atoms with van der Waals surface area (Å²) in [6, 6.07) is -1.19. The van der Waals surface area contributed by atoms with Crippen molar-refractivity contribution in [3.05, 3.63) is 0 Å². The Morgan fingerprint density at radius 3 is 2.68 bits per heavy atom. The van der Waals surface area contributed by atoms with Crippen LogP contribution in [0.3, 0.4) is 0 Å². The molecule has 2 N–H and O–H groups in total. The lowest BCUT2D eigenvalue weighted by Crippen LogP contribution is -2.55. The van der Waals surface area contributed by atoms with Gasteiger partial charge in [0.05, 0.1) is 13.7 Å². The van der Waals surface area contributed by atoms with Gasteiger partial charge in [-0.15, -0.1) is 0 Å². The number of hydrogen-bond donors (Lipinski definition) is 2. The van der Waals surface area contributed by atoms with Crippen molar-refractivity contribution in [2.45, 2.75) is 31.3 Å². The van der Waals surface area contributed by atoms with Gasteiger partial charge in [-0.05, 0) is 19.3 Å². The van der Waals surface area contributed by atoms with Crippen LogP contribution in [0.2, 0.25) is 0 Å². The number of rotatable bonds is 4. The van der Waals surface area contributed by atoms with E-state index in [1.54, 1.807) is 11.9 Å². The molecule has 2 fully saturated rings. The summed E-state index contributed by atoms with van der Waals surface area (Å²) in [5.41, 5.74) is 0. The second-order valence-electron chi connectivity index (χ2n) is 5.54. The summed E-state index contributed by atoms with van der Waals surface area (Å²) in [6.07, 6.45) is 1.45. The predicted octanol–water partition coefficient (Wildman–Crippen LogP) is -0.515. The zero-order chi connectivity index (χ0) is 16.1. The first-order valence-corrected chi connectivity index (χ1v) is 7.52. The van der Waals surface area contributed by atoms with E-state index in [9.17, 15) is 14.4 Å². The summed E-state index contributed by atoms with van der Waals surface area (Å²) < 4.78 is 9.93. The molecule has 8 nitrogen and oxygen atoms in total. The van der Waals surface area contributed by atoms with Gasteiger partial charge >= 0.3 is 6.09 Å². The number of likely N-dealkylation sites (N-methyl/N-ethyl adjacent to an activating group) is 1. The number of ether oxygens (including phenoxy) is 2. The lowest BCUT2D eigenvalue weighted by molar-refractivity contribution is -0.140. The first-order chi connectivity index (χ1) is 10.6. The lowest BCUT2D eigenvalue weighted by atomic mass is 9.97. The molecule has 0 aromatic rings. The molecule has 3 atom stereocenters. The Hall–Kier alpha value is -1.83. The van der Waals surface area contributed by atoms with Crippen LogP contribution in [0.4, 0.5) is 4.79 Å². The molecule has 0 radical (unpaired) electrons. The molecule has 0 aromatic heterocycles. The molecule has 0 bridgehead atoms. The van der Waals surface area contributed by atoms with Gasteiger partial charge in [-0.1, -0.05) is 0 Å². The molecule has 0 saturated carbocycles. The molecular weight excluding hydrogens is 290 g/mol. The summed E-state index contributed by atoms with van der Waals surface area (Å²) in [5.74, 6) is -0.519. The van der Waals surface area contributed by atoms with Crippen molar-refractivity contribution in [2.75, 3.05) is 33.9 Å². The fourth-order valence-corrected chi connectivity index (χ4v) is 3.03. The number of alkyl carbamates (subject to hydrolysis) is 1. The van der Waals surface area contributed by atoms with E-state index in [1.807, 2.05) is 0 Å². The maximum atomic E-state index is 12.8. The zero-order valence-electron chi connectivity index (χ0n) is 13.0. The topological polar surface area (TPSA) is 97.0 Å². The second-order valence-corrected chi connectivity index (χ2v) is 5.54. The minimum absolute atomic E-state index is 0.0995. The highest BCUT2D eigenvalue weighted by Crippen LogP contribution is 2.23. The van der Waals surface area contributed by atoms with Crippen LogP contribution < -0.4 is 10.6 Å². The third kappa shape index (κ3) is 3.49. The summed E-state index contributed by atoms with van der Waals surface area (Å²) >= 11 is 0. The molecular formula is C14H23N3O5. The summed E-state index contributed by atoms with van der Waals surface area (Å²) in [6.45, 7) is 1.50. The van der Waals surface area contributed by atoms with Gasteiger partial charge in [0, 0.05) is 26.1 Å². The maximum absolute atomic E-state index is 12.8. The Bertz CT molecular complexity index is 436. The second kappa shape index (κ2) is 7.44. The van der Waals surface area contributed by atoms with E-state index < -0.39 is 18.2 Å². The third-order valence-electron chi connectivity index (χ3n) is 4.25. The zero-order valence-corrected chi connectivity index (χ0v) is 13.0. The quantitative estimate of drug-likeness (QED) is 0.728. The number of carbonyl (C=O) groups excluding carboxylic acids is 3. The summed E-state index contributed by atoms with van der Waals surface area (Å²) in [4.78, 5) is 37.8. The normalized spacial score (nSPS) is 25.6. The van der Waals surface area contributed by atoms with Crippen molar-refractivity contribution in [3.8, 4) is 0 Å². The number of carbonyl (C=O) groups is 3. The predicted molar refractivity (Wildman–Crippen MR) is 77.1 cm³/mol. The Morgan fingerprint density at radius 1 is 1.32 bits per heavy atom. The van der Waals surface area contributed by atoms with Crippen LogP contribution in [-0.4, -0.2) is 68.8 Å². The Labute approximate surface area is 129 Å². The van der Waals surface area contributed by atoms with Crippen molar-refractivity contribution >= 4 is 17.9 Å². The van der Waals surface area contributed by atoms with Crippen LogP contribution in [0.25, 0.3) is 0 Å². The molecule has 3 amide bonds. The number of hydrogen-bond acceptors (Lipinski definition) is 5. The number of methoxy groups -OCH3 is 1. The van der Waals surface area contributed by atoms with E-state index in [1.165, 1.54) is 7.11 Å². The van der Waals surface area contributed by atoms with Gasteiger partial charge in [0.15, 0.2) is 0 Å². The van der Waals surface area contributed by atoms with E-state index in [-0.39, 0.29) is 17.7 Å². The van der Waals surface area contributed by atoms with Gasteiger partial charge in [-0.3, -0.25) is 9.59 Å². The van der Waals surface area contributed by atoms with E-state index in [2.05, 4.69) is 15.4 Å². The number of nitrogens with zero attached hydrogens (tertiary/aromatic N) is 1. The fourth-order valence-electron chi connectivity index (χ4n) is 3.03. The van der Waals surface area contributed by atoms with Crippen LogP contribution >= 0.6 is 0 Å². The average Bonchev–Trinajstić information content (AvgIpc) is 3.21. The highest BCUT2D eigenvalue weighted by atomic mass is 16.5. The lowest BCUT2D eigenvalue weighted by Gasteiger charge is -2.30. The standard InChI is InChI=1S/C14H23N3O5/c1-15-12(18)10-4-3-6-17(10)13(19)11(16-14(20)21-2)9-5-7-22-8-9/h9-11H,3-8H2,1-2H3,(H,15,18)(H,16,20). The molecule has 2 rings (SSSR count). The van der Waals surface area contributed by atoms with Crippen LogP contribution in [0.1, 0.15) is 19.3 Å². The van der Waals surface area contributed by atoms with Gasteiger partial charge in [0.2, 0.25) is 11.8 Å². The minimum atomic E-state index is -0.722. The molecule has 2 saturated heterocycles. The first-order valence-electron chi connectivity index (χ1n) is 7.52. The first kappa shape index (κ1) is 16.5. The smallest absolute Gasteiger partial charge is 0.407 e. The Morgan fingerprint density at radius 2 is 2.09 bits per heavy atom. The Balaban J connectivity index is 2.13. The van der Waals surface area contributed by atoms with Gasteiger partial charge < -0.3 is 25.0 Å².